The molecule has 0 aliphatic carbocycles. The number of piperazine rings is 1. The van der Waals surface area contributed by atoms with Crippen molar-refractivity contribution in [3.05, 3.63) is 66.2 Å². The normalized spacial score (nSPS) is 16.4. The molecule has 3 rings (SSSR count). The lowest BCUT2D eigenvalue weighted by Gasteiger charge is -2.38. The Morgan fingerprint density at radius 1 is 0.929 bits per heavy atom. The van der Waals surface area contributed by atoms with Gasteiger partial charge < -0.3 is 15.1 Å². The zero-order valence-electron chi connectivity index (χ0n) is 16.7. The fourth-order valence-corrected chi connectivity index (χ4v) is 3.52. The number of para-hydroxylation sites is 1. The molecule has 2 atom stereocenters. The number of anilines is 1. The van der Waals surface area contributed by atoms with Crippen LogP contribution in [0.3, 0.4) is 0 Å². The summed E-state index contributed by atoms with van der Waals surface area (Å²) in [5.74, 6) is -0.0965. The van der Waals surface area contributed by atoms with Gasteiger partial charge in [-0.2, -0.15) is 0 Å². The lowest BCUT2D eigenvalue weighted by molar-refractivity contribution is -0.134. The quantitative estimate of drug-likeness (QED) is 0.839. The zero-order chi connectivity index (χ0) is 19.9. The van der Waals surface area contributed by atoms with Gasteiger partial charge >= 0.3 is 0 Å². The maximum Gasteiger partial charge on any atom is 0.251 e. The smallest absolute Gasteiger partial charge is 0.251 e. The van der Waals surface area contributed by atoms with E-state index in [0.29, 0.717) is 18.7 Å². The molecule has 2 aromatic carbocycles. The Morgan fingerprint density at radius 2 is 1.50 bits per heavy atom. The largest absolute Gasteiger partial charge is 0.368 e. The van der Waals surface area contributed by atoms with E-state index in [0.717, 1.165) is 19.5 Å². The number of nitrogens with zero attached hydrogens (tertiary/aromatic N) is 2. The molecule has 148 valence electrons. The highest BCUT2D eigenvalue weighted by Crippen LogP contribution is 2.18. The maximum atomic E-state index is 13.2. The van der Waals surface area contributed by atoms with Crippen LogP contribution in [0.25, 0.3) is 0 Å². The van der Waals surface area contributed by atoms with Crippen LogP contribution in [0.5, 0.6) is 0 Å². The van der Waals surface area contributed by atoms with Crippen molar-refractivity contribution in [2.45, 2.75) is 26.3 Å². The minimum Gasteiger partial charge on any atom is -0.368 e. The Balaban J connectivity index is 1.64. The molecular formula is C23H29N3O2. The van der Waals surface area contributed by atoms with Gasteiger partial charge in [-0.25, -0.2) is 0 Å². The summed E-state index contributed by atoms with van der Waals surface area (Å²) in [6.45, 7) is 7.01. The van der Waals surface area contributed by atoms with E-state index in [1.165, 1.54) is 5.69 Å². The van der Waals surface area contributed by atoms with Crippen molar-refractivity contribution < 1.29 is 9.59 Å². The van der Waals surface area contributed by atoms with E-state index < -0.39 is 6.04 Å². The van der Waals surface area contributed by atoms with Gasteiger partial charge in [0.15, 0.2) is 0 Å². The molecule has 1 N–H and O–H groups in total. The first kappa shape index (κ1) is 19.9. The molecule has 0 saturated carbocycles. The highest BCUT2D eigenvalue weighted by molar-refractivity contribution is 5.97. The lowest BCUT2D eigenvalue weighted by atomic mass is 9.97. The second kappa shape index (κ2) is 9.40. The topological polar surface area (TPSA) is 52.7 Å². The van der Waals surface area contributed by atoms with Crippen molar-refractivity contribution in [3.8, 4) is 0 Å². The van der Waals surface area contributed by atoms with Gasteiger partial charge in [-0.3, -0.25) is 9.59 Å². The first-order chi connectivity index (χ1) is 13.6. The van der Waals surface area contributed by atoms with Crippen LogP contribution in [0.1, 0.15) is 30.6 Å². The molecule has 2 aromatic rings. The summed E-state index contributed by atoms with van der Waals surface area (Å²) in [6, 6.07) is 18.8. The summed E-state index contributed by atoms with van der Waals surface area (Å²) >= 11 is 0. The van der Waals surface area contributed by atoms with E-state index in [4.69, 9.17) is 0 Å². The number of carbonyl (C=O) groups is 2. The number of nitrogens with one attached hydrogen (secondary N) is 1. The number of hydrogen-bond acceptors (Lipinski definition) is 3. The SMILES string of the molecule is CC[C@H](C)[C@H](NC(=O)c1ccccc1)C(=O)N1CCN(c2ccccc2)CC1. The first-order valence-corrected chi connectivity index (χ1v) is 10.0. The van der Waals surface area contributed by atoms with Gasteiger partial charge in [-0.1, -0.05) is 56.7 Å². The molecule has 28 heavy (non-hydrogen) atoms. The standard InChI is InChI=1S/C23H29N3O2/c1-3-18(2)21(24-22(27)19-10-6-4-7-11-19)23(28)26-16-14-25(15-17-26)20-12-8-5-9-13-20/h4-13,18,21H,3,14-17H2,1-2H3,(H,24,27)/t18-,21-/m0/s1. The van der Waals surface area contributed by atoms with Gasteiger partial charge in [0.25, 0.3) is 5.91 Å². The molecule has 2 amide bonds. The Bertz CT molecular complexity index is 771. The van der Waals surface area contributed by atoms with Gasteiger partial charge in [0.05, 0.1) is 0 Å². The fourth-order valence-electron chi connectivity index (χ4n) is 3.52. The highest BCUT2D eigenvalue weighted by Gasteiger charge is 2.32. The Kier molecular flexibility index (Phi) is 6.69. The van der Waals surface area contributed by atoms with Crippen LogP contribution in [0, 0.1) is 5.92 Å². The summed E-state index contributed by atoms with van der Waals surface area (Å²) in [6.07, 6.45) is 0.829. The summed E-state index contributed by atoms with van der Waals surface area (Å²) in [7, 11) is 0. The Morgan fingerprint density at radius 3 is 2.07 bits per heavy atom. The summed E-state index contributed by atoms with van der Waals surface area (Å²) in [5, 5.41) is 2.98. The Hall–Kier alpha value is -2.82. The van der Waals surface area contributed by atoms with Crippen LogP contribution in [0.15, 0.2) is 60.7 Å². The van der Waals surface area contributed by atoms with E-state index >= 15 is 0 Å². The molecule has 0 radical (unpaired) electrons. The van der Waals surface area contributed by atoms with Crippen LogP contribution >= 0.6 is 0 Å². The summed E-state index contributed by atoms with van der Waals surface area (Å²) in [5.41, 5.74) is 1.77. The molecule has 5 heteroatoms. The molecule has 0 spiro atoms. The molecular weight excluding hydrogens is 350 g/mol. The average molecular weight is 380 g/mol. The summed E-state index contributed by atoms with van der Waals surface area (Å²) in [4.78, 5) is 30.0. The lowest BCUT2D eigenvalue weighted by Crippen LogP contribution is -2.56. The monoisotopic (exact) mass is 379 g/mol. The van der Waals surface area contributed by atoms with Crippen molar-refractivity contribution in [1.82, 2.24) is 10.2 Å². The molecule has 5 nitrogen and oxygen atoms in total. The second-order valence-corrected chi connectivity index (χ2v) is 7.35. The third kappa shape index (κ3) is 4.71. The zero-order valence-corrected chi connectivity index (χ0v) is 16.7. The molecule has 1 saturated heterocycles. The third-order valence-corrected chi connectivity index (χ3v) is 5.51. The van der Waals surface area contributed by atoms with Crippen LogP contribution in [-0.2, 0) is 4.79 Å². The van der Waals surface area contributed by atoms with E-state index in [-0.39, 0.29) is 17.7 Å². The molecule has 1 aliphatic heterocycles. The Labute approximate surface area is 167 Å². The van der Waals surface area contributed by atoms with Crippen molar-refractivity contribution in [3.63, 3.8) is 0 Å². The second-order valence-electron chi connectivity index (χ2n) is 7.35. The number of benzene rings is 2. The van der Waals surface area contributed by atoms with E-state index in [2.05, 4.69) is 22.3 Å². The van der Waals surface area contributed by atoms with Crippen LogP contribution in [0.4, 0.5) is 5.69 Å². The average Bonchev–Trinajstić information content (AvgIpc) is 2.77. The minimum absolute atomic E-state index is 0.0198. The van der Waals surface area contributed by atoms with Gasteiger partial charge in [-0.05, 0) is 30.2 Å². The summed E-state index contributed by atoms with van der Waals surface area (Å²) < 4.78 is 0. The van der Waals surface area contributed by atoms with Crippen molar-refractivity contribution in [2.75, 3.05) is 31.1 Å². The fraction of sp³-hybridized carbons (Fsp3) is 0.391. The van der Waals surface area contributed by atoms with E-state index in [9.17, 15) is 9.59 Å². The van der Waals surface area contributed by atoms with Crippen molar-refractivity contribution in [2.24, 2.45) is 5.92 Å². The van der Waals surface area contributed by atoms with E-state index in [1.54, 1.807) is 12.1 Å². The molecule has 0 aromatic heterocycles. The molecule has 1 fully saturated rings. The van der Waals surface area contributed by atoms with Crippen LogP contribution in [0.2, 0.25) is 0 Å². The molecule has 1 aliphatic rings. The predicted molar refractivity (Wildman–Crippen MR) is 112 cm³/mol. The maximum absolute atomic E-state index is 13.2. The first-order valence-electron chi connectivity index (χ1n) is 10.0. The van der Waals surface area contributed by atoms with Gasteiger partial charge in [0, 0.05) is 37.4 Å². The number of carbonyl (C=O) groups excluding carboxylic acids is 2. The molecule has 0 bridgehead atoms. The van der Waals surface area contributed by atoms with Crippen LogP contribution < -0.4 is 10.2 Å². The third-order valence-electron chi connectivity index (χ3n) is 5.51. The minimum atomic E-state index is -0.499. The molecule has 0 unspecified atom stereocenters. The molecule has 1 heterocycles. The van der Waals surface area contributed by atoms with Crippen molar-refractivity contribution >= 4 is 17.5 Å². The van der Waals surface area contributed by atoms with Crippen LogP contribution in [-0.4, -0.2) is 48.9 Å². The van der Waals surface area contributed by atoms with Gasteiger partial charge in [-0.15, -0.1) is 0 Å². The van der Waals surface area contributed by atoms with Gasteiger partial charge in [0.2, 0.25) is 5.91 Å². The number of hydrogen-bond donors (Lipinski definition) is 1. The van der Waals surface area contributed by atoms with Gasteiger partial charge in [0.1, 0.15) is 6.04 Å². The van der Waals surface area contributed by atoms with Crippen molar-refractivity contribution in [1.29, 1.82) is 0 Å². The number of amides is 2. The number of rotatable bonds is 6. The highest BCUT2D eigenvalue weighted by atomic mass is 16.2. The van der Waals surface area contributed by atoms with E-state index in [1.807, 2.05) is 55.1 Å². The predicted octanol–water partition coefficient (Wildman–Crippen LogP) is 3.18.